The summed E-state index contributed by atoms with van der Waals surface area (Å²) < 4.78 is 17.6. The number of carbonyl (C=O) groups is 1. The highest BCUT2D eigenvalue weighted by Gasteiger charge is 2.35. The van der Waals surface area contributed by atoms with Crippen molar-refractivity contribution in [1.29, 1.82) is 0 Å². The molecule has 1 atom stereocenters. The number of rotatable bonds is 11. The van der Waals surface area contributed by atoms with Gasteiger partial charge in [-0.2, -0.15) is 0 Å². The van der Waals surface area contributed by atoms with Crippen molar-refractivity contribution in [3.05, 3.63) is 95.2 Å². The van der Waals surface area contributed by atoms with Gasteiger partial charge in [-0.25, -0.2) is 4.98 Å². The molecule has 0 radical (unpaired) electrons. The number of benzene rings is 2. The minimum atomic E-state index is -1.11. The van der Waals surface area contributed by atoms with E-state index in [-0.39, 0.29) is 6.61 Å². The molecule has 30 heavy (non-hydrogen) atoms. The van der Waals surface area contributed by atoms with Crippen molar-refractivity contribution < 1.29 is 19.0 Å². The van der Waals surface area contributed by atoms with Gasteiger partial charge in [-0.3, -0.25) is 4.79 Å². The highest BCUT2D eigenvalue weighted by molar-refractivity contribution is 5.68. The fraction of sp³-hybridized carbons (Fsp3) is 0.280. The number of aromatic nitrogens is 1. The topological polar surface area (TPSA) is 57.7 Å². The zero-order valence-electron chi connectivity index (χ0n) is 17.4. The lowest BCUT2D eigenvalue weighted by atomic mass is 9.89. The molecule has 0 fully saturated rings. The lowest BCUT2D eigenvalue weighted by Gasteiger charge is -2.30. The molecular weight excluding hydrogens is 378 g/mol. The second-order valence-electron chi connectivity index (χ2n) is 6.96. The van der Waals surface area contributed by atoms with Crippen LogP contribution in [0.25, 0.3) is 0 Å². The van der Waals surface area contributed by atoms with Crippen LogP contribution < -0.4 is 4.74 Å². The van der Waals surface area contributed by atoms with Crippen molar-refractivity contribution in [3.63, 3.8) is 0 Å². The maximum atomic E-state index is 12.3. The third-order valence-corrected chi connectivity index (χ3v) is 5.08. The summed E-state index contributed by atoms with van der Waals surface area (Å²) >= 11 is 0. The third-order valence-electron chi connectivity index (χ3n) is 5.08. The quantitative estimate of drug-likeness (QED) is 0.428. The van der Waals surface area contributed by atoms with Gasteiger partial charge in [-0.05, 0) is 23.6 Å². The first-order valence-electron chi connectivity index (χ1n) is 10.0. The van der Waals surface area contributed by atoms with E-state index in [1.165, 1.54) is 0 Å². The van der Waals surface area contributed by atoms with Crippen molar-refractivity contribution in [1.82, 2.24) is 4.98 Å². The molecule has 0 saturated carbocycles. The summed E-state index contributed by atoms with van der Waals surface area (Å²) in [5.74, 6) is 0.434. The fourth-order valence-corrected chi connectivity index (χ4v) is 3.37. The van der Waals surface area contributed by atoms with Gasteiger partial charge in [-0.1, -0.05) is 67.6 Å². The zero-order valence-corrected chi connectivity index (χ0v) is 17.4. The summed E-state index contributed by atoms with van der Waals surface area (Å²) in [7, 11) is 1.56. The highest BCUT2D eigenvalue weighted by atomic mass is 16.5. The first-order valence-corrected chi connectivity index (χ1v) is 10.0. The van der Waals surface area contributed by atoms with E-state index in [4.69, 9.17) is 14.2 Å². The van der Waals surface area contributed by atoms with Gasteiger partial charge in [0, 0.05) is 17.3 Å². The summed E-state index contributed by atoms with van der Waals surface area (Å²) in [6, 6.07) is 21.5. The molecule has 0 N–H and O–H groups in total. The van der Waals surface area contributed by atoms with Gasteiger partial charge in [0.15, 0.2) is 6.29 Å². The third kappa shape index (κ3) is 5.12. The molecule has 5 nitrogen and oxygen atoms in total. The Balaban J connectivity index is 1.86. The summed E-state index contributed by atoms with van der Waals surface area (Å²) in [6.45, 7) is 2.96. The molecule has 5 heteroatoms. The van der Waals surface area contributed by atoms with Crippen molar-refractivity contribution in [2.75, 3.05) is 7.11 Å². The predicted octanol–water partition coefficient (Wildman–Crippen LogP) is 4.83. The van der Waals surface area contributed by atoms with Crippen molar-refractivity contribution in [3.8, 4) is 5.88 Å². The van der Waals surface area contributed by atoms with Crippen LogP contribution in [0.1, 0.15) is 35.6 Å². The van der Waals surface area contributed by atoms with Gasteiger partial charge in [0.05, 0.1) is 26.9 Å². The van der Waals surface area contributed by atoms with E-state index in [0.717, 1.165) is 28.5 Å². The maximum absolute atomic E-state index is 12.3. The Labute approximate surface area is 177 Å². The smallest absolute Gasteiger partial charge is 0.218 e. The standard InChI is InChI=1S/C25H27NO4/c1-3-25(19-27,30-17-21-12-8-5-9-13-21)23-14-15-26-24(28-2)22(23)18-29-16-20-10-6-4-7-11-20/h4-15,19H,3,16-18H2,1-2H3/t25-/m1/s1. The molecule has 2 aromatic carbocycles. The summed E-state index contributed by atoms with van der Waals surface area (Å²) in [4.78, 5) is 16.6. The number of aldehydes is 1. The Morgan fingerprint density at radius 1 is 0.900 bits per heavy atom. The second-order valence-corrected chi connectivity index (χ2v) is 6.96. The molecular formula is C25H27NO4. The van der Waals surface area contributed by atoms with Crippen molar-refractivity contribution >= 4 is 6.29 Å². The molecule has 3 aromatic rings. The molecule has 1 heterocycles. The first kappa shape index (κ1) is 21.7. The van der Waals surface area contributed by atoms with Gasteiger partial charge in [0.25, 0.3) is 0 Å². The Morgan fingerprint density at radius 3 is 2.10 bits per heavy atom. The van der Waals surface area contributed by atoms with Crippen LogP contribution in [0.4, 0.5) is 0 Å². The van der Waals surface area contributed by atoms with Crippen molar-refractivity contribution in [2.45, 2.75) is 38.8 Å². The predicted molar refractivity (Wildman–Crippen MR) is 115 cm³/mol. The fourth-order valence-electron chi connectivity index (χ4n) is 3.37. The number of hydrogen-bond acceptors (Lipinski definition) is 5. The minimum Gasteiger partial charge on any atom is -0.481 e. The molecule has 0 amide bonds. The lowest BCUT2D eigenvalue weighted by Crippen LogP contribution is -2.32. The van der Waals surface area contributed by atoms with Crippen LogP contribution in [0.15, 0.2) is 72.9 Å². The van der Waals surface area contributed by atoms with Gasteiger partial charge in [0.2, 0.25) is 5.88 Å². The second kappa shape index (κ2) is 10.7. The number of nitrogens with zero attached hydrogens (tertiary/aromatic N) is 1. The molecule has 0 aliphatic heterocycles. The Kier molecular flexibility index (Phi) is 7.71. The van der Waals surface area contributed by atoms with Crippen molar-refractivity contribution in [2.24, 2.45) is 0 Å². The van der Waals surface area contributed by atoms with Crippen LogP contribution in [0.3, 0.4) is 0 Å². The SMILES string of the molecule is CC[C@](C=O)(OCc1ccccc1)c1ccnc(OC)c1COCc1ccccc1. The molecule has 0 spiro atoms. The molecule has 0 bridgehead atoms. The summed E-state index contributed by atoms with van der Waals surface area (Å²) in [5.41, 5.74) is 2.39. The largest absolute Gasteiger partial charge is 0.481 e. The number of methoxy groups -OCH3 is 1. The van der Waals surface area contributed by atoms with E-state index in [1.807, 2.05) is 73.7 Å². The van der Waals surface area contributed by atoms with E-state index in [9.17, 15) is 4.79 Å². The first-order chi connectivity index (χ1) is 14.7. The van der Waals surface area contributed by atoms with Gasteiger partial charge >= 0.3 is 0 Å². The zero-order chi connectivity index (χ0) is 21.2. The van der Waals surface area contributed by atoms with E-state index in [0.29, 0.717) is 25.5 Å². The number of hydrogen-bond donors (Lipinski definition) is 0. The van der Waals surface area contributed by atoms with Gasteiger partial charge in [-0.15, -0.1) is 0 Å². The van der Waals surface area contributed by atoms with E-state index >= 15 is 0 Å². The van der Waals surface area contributed by atoms with Crippen LogP contribution in [-0.2, 0) is 39.7 Å². The monoisotopic (exact) mass is 405 g/mol. The number of pyridine rings is 1. The molecule has 0 aliphatic rings. The minimum absolute atomic E-state index is 0.255. The van der Waals surface area contributed by atoms with E-state index in [2.05, 4.69) is 4.98 Å². The van der Waals surface area contributed by atoms with Crippen LogP contribution in [-0.4, -0.2) is 18.4 Å². The molecule has 156 valence electrons. The summed E-state index contributed by atoms with van der Waals surface area (Å²) in [6.07, 6.45) is 2.97. The highest BCUT2D eigenvalue weighted by Crippen LogP contribution is 2.35. The number of ether oxygens (including phenoxy) is 3. The average Bonchev–Trinajstić information content (AvgIpc) is 2.82. The number of carbonyl (C=O) groups excluding carboxylic acids is 1. The van der Waals surface area contributed by atoms with Gasteiger partial charge < -0.3 is 14.2 Å². The van der Waals surface area contributed by atoms with Crippen LogP contribution in [0.5, 0.6) is 5.88 Å². The normalized spacial score (nSPS) is 12.9. The lowest BCUT2D eigenvalue weighted by molar-refractivity contribution is -0.135. The molecule has 3 rings (SSSR count). The maximum Gasteiger partial charge on any atom is 0.218 e. The Morgan fingerprint density at radius 2 is 1.53 bits per heavy atom. The average molecular weight is 405 g/mol. The van der Waals surface area contributed by atoms with Crippen LogP contribution >= 0.6 is 0 Å². The molecule has 0 saturated heterocycles. The molecule has 0 unspecified atom stereocenters. The van der Waals surface area contributed by atoms with E-state index in [1.54, 1.807) is 13.3 Å². The summed E-state index contributed by atoms with van der Waals surface area (Å²) in [5, 5.41) is 0. The van der Waals surface area contributed by atoms with Gasteiger partial charge in [0.1, 0.15) is 5.60 Å². The Hall–Kier alpha value is -3.02. The molecule has 0 aliphatic carbocycles. The van der Waals surface area contributed by atoms with E-state index < -0.39 is 5.60 Å². The Bertz CT molecular complexity index is 930. The molecule has 1 aromatic heterocycles. The van der Waals surface area contributed by atoms with Crippen LogP contribution in [0, 0.1) is 0 Å². The van der Waals surface area contributed by atoms with Crippen LogP contribution in [0.2, 0.25) is 0 Å².